The summed E-state index contributed by atoms with van der Waals surface area (Å²) in [5.74, 6) is 0. The van der Waals surface area contributed by atoms with E-state index in [0.29, 0.717) is 11.3 Å². The van der Waals surface area contributed by atoms with Crippen LogP contribution < -0.4 is 11.5 Å². The lowest BCUT2D eigenvalue weighted by molar-refractivity contribution is 0.333. The van der Waals surface area contributed by atoms with Crippen LogP contribution in [-0.2, 0) is 0 Å². The van der Waals surface area contributed by atoms with Gasteiger partial charge in [0.25, 0.3) is 0 Å². The topological polar surface area (TPSA) is 52.0 Å². The van der Waals surface area contributed by atoms with Gasteiger partial charge in [0.15, 0.2) is 0 Å². The van der Waals surface area contributed by atoms with E-state index in [4.69, 9.17) is 11.5 Å². The Bertz CT molecular complexity index is 425. The van der Waals surface area contributed by atoms with Crippen LogP contribution in [0.5, 0.6) is 0 Å². The number of nitrogens with two attached hydrogens (primary N) is 2. The molecule has 0 aliphatic heterocycles. The smallest absolute Gasteiger partial charge is 0.0314 e. The zero-order chi connectivity index (χ0) is 15.9. The number of hydrogen-bond acceptors (Lipinski definition) is 2. The van der Waals surface area contributed by atoms with Crippen LogP contribution in [0.25, 0.3) is 0 Å². The Morgan fingerprint density at radius 3 is 1.90 bits per heavy atom. The second-order valence-corrected chi connectivity index (χ2v) is 6.14. The minimum absolute atomic E-state index is 0.216. The van der Waals surface area contributed by atoms with Gasteiger partial charge in [-0.25, -0.2) is 0 Å². The molecule has 2 nitrogen and oxygen atoms in total. The molecule has 0 aromatic rings. The van der Waals surface area contributed by atoms with Crippen molar-refractivity contribution in [1.82, 2.24) is 0 Å². The first-order chi connectivity index (χ1) is 9.12. The molecule has 0 saturated carbocycles. The highest BCUT2D eigenvalue weighted by Crippen LogP contribution is 2.27. The molecule has 0 atom stereocenters. The van der Waals surface area contributed by atoms with E-state index in [2.05, 4.69) is 46.7 Å². The van der Waals surface area contributed by atoms with E-state index in [9.17, 15) is 0 Å². The summed E-state index contributed by atoms with van der Waals surface area (Å²) in [6.07, 6.45) is 4.23. The van der Waals surface area contributed by atoms with Gasteiger partial charge in [-0.15, -0.1) is 0 Å². The van der Waals surface area contributed by atoms with Crippen molar-refractivity contribution < 1.29 is 0 Å². The molecule has 0 aliphatic carbocycles. The summed E-state index contributed by atoms with van der Waals surface area (Å²) in [4.78, 5) is 0. The summed E-state index contributed by atoms with van der Waals surface area (Å²) in [6.45, 7) is 24.7. The summed E-state index contributed by atoms with van der Waals surface area (Å²) in [5, 5.41) is 0. The average Bonchev–Trinajstić information content (AvgIpc) is 2.40. The Labute approximate surface area is 124 Å². The monoisotopic (exact) mass is 274 g/mol. The Balaban J connectivity index is 4.23. The summed E-state index contributed by atoms with van der Waals surface area (Å²) in [5.41, 5.74) is 15.2. The first-order valence-corrected chi connectivity index (χ1v) is 7.03. The van der Waals surface area contributed by atoms with Gasteiger partial charge in [0, 0.05) is 5.70 Å². The first kappa shape index (κ1) is 18.5. The molecule has 0 amide bonds. The zero-order valence-electron chi connectivity index (χ0n) is 13.2. The van der Waals surface area contributed by atoms with Crippen molar-refractivity contribution in [2.75, 3.05) is 6.54 Å². The predicted octanol–water partition coefficient (Wildman–Crippen LogP) is 4.23. The highest BCUT2D eigenvalue weighted by molar-refractivity contribution is 5.56. The van der Waals surface area contributed by atoms with E-state index >= 15 is 0 Å². The van der Waals surface area contributed by atoms with E-state index in [1.54, 1.807) is 0 Å². The van der Waals surface area contributed by atoms with Crippen molar-refractivity contribution in [3.8, 4) is 0 Å². The maximum Gasteiger partial charge on any atom is 0.0314 e. The van der Waals surface area contributed by atoms with Gasteiger partial charge in [0.1, 0.15) is 0 Å². The Morgan fingerprint density at radius 2 is 1.45 bits per heavy atom. The number of rotatable bonds is 10. The molecular weight excluding hydrogens is 244 g/mol. The number of unbranched alkanes of at least 4 members (excludes halogenated alkanes) is 1. The summed E-state index contributed by atoms with van der Waals surface area (Å²) >= 11 is 0. The van der Waals surface area contributed by atoms with Crippen LogP contribution in [0.1, 0.15) is 39.5 Å². The molecular formula is C18H30N2. The minimum atomic E-state index is 0.216. The van der Waals surface area contributed by atoms with Gasteiger partial charge >= 0.3 is 0 Å². The fourth-order valence-electron chi connectivity index (χ4n) is 1.78. The van der Waals surface area contributed by atoms with Crippen molar-refractivity contribution >= 4 is 0 Å². The average molecular weight is 274 g/mol. The zero-order valence-corrected chi connectivity index (χ0v) is 13.2. The van der Waals surface area contributed by atoms with Crippen LogP contribution in [0.4, 0.5) is 0 Å². The van der Waals surface area contributed by atoms with Gasteiger partial charge in [-0.05, 0) is 53.5 Å². The lowest BCUT2D eigenvalue weighted by Crippen LogP contribution is -2.23. The molecule has 0 bridgehead atoms. The maximum absolute atomic E-state index is 5.72. The molecule has 0 aliphatic rings. The van der Waals surface area contributed by atoms with E-state index in [1.807, 2.05) is 0 Å². The van der Waals surface area contributed by atoms with Crippen LogP contribution in [0.2, 0.25) is 0 Å². The molecule has 0 radical (unpaired) electrons. The lowest BCUT2D eigenvalue weighted by Gasteiger charge is -2.22. The second kappa shape index (κ2) is 7.91. The quantitative estimate of drug-likeness (QED) is 0.462. The van der Waals surface area contributed by atoms with E-state index in [-0.39, 0.29) is 5.41 Å². The summed E-state index contributed by atoms with van der Waals surface area (Å²) < 4.78 is 0. The van der Waals surface area contributed by atoms with Crippen LogP contribution >= 0.6 is 0 Å². The second-order valence-electron chi connectivity index (χ2n) is 6.14. The molecule has 0 aromatic carbocycles. The number of hydrogen-bond donors (Lipinski definition) is 2. The van der Waals surface area contributed by atoms with Gasteiger partial charge in [0.05, 0.1) is 0 Å². The van der Waals surface area contributed by atoms with Crippen LogP contribution in [0.15, 0.2) is 60.9 Å². The Morgan fingerprint density at radius 1 is 0.900 bits per heavy atom. The first-order valence-electron chi connectivity index (χ1n) is 7.03. The predicted molar refractivity (Wildman–Crippen MR) is 91.2 cm³/mol. The lowest BCUT2D eigenvalue weighted by atomic mass is 9.86. The fourth-order valence-corrected chi connectivity index (χ4v) is 1.78. The van der Waals surface area contributed by atoms with Crippen molar-refractivity contribution in [3.05, 3.63) is 60.9 Å². The largest absolute Gasteiger partial charge is 0.399 e. The standard InChI is InChI=1S/C18H30N2/c1-13(10-8-9-11-18(6,7)12-19)14(2)15(3)16(4)17(5)20/h1-5,8-12,19-20H2,6-7H3. The van der Waals surface area contributed by atoms with Gasteiger partial charge < -0.3 is 11.5 Å². The van der Waals surface area contributed by atoms with Gasteiger partial charge in [0.2, 0.25) is 0 Å². The van der Waals surface area contributed by atoms with Crippen molar-refractivity contribution in [1.29, 1.82) is 0 Å². The molecule has 0 fully saturated rings. The molecule has 2 heteroatoms. The number of allylic oxidation sites excluding steroid dienone is 3. The summed E-state index contributed by atoms with van der Waals surface area (Å²) in [6, 6.07) is 0. The highest BCUT2D eigenvalue weighted by atomic mass is 14.6. The highest BCUT2D eigenvalue weighted by Gasteiger charge is 2.15. The molecule has 0 heterocycles. The van der Waals surface area contributed by atoms with Crippen LogP contribution in [-0.4, -0.2) is 6.54 Å². The molecule has 112 valence electrons. The Kier molecular flexibility index (Phi) is 7.30. The molecule has 20 heavy (non-hydrogen) atoms. The fraction of sp³-hybridized carbons (Fsp3) is 0.444. The maximum atomic E-state index is 5.72. The van der Waals surface area contributed by atoms with Gasteiger partial charge in [-0.2, -0.15) is 0 Å². The van der Waals surface area contributed by atoms with Crippen molar-refractivity contribution in [2.45, 2.75) is 39.5 Å². The molecule has 0 rings (SSSR count). The molecule has 0 spiro atoms. The minimum Gasteiger partial charge on any atom is -0.399 e. The molecule has 0 aromatic heterocycles. The normalized spacial score (nSPS) is 10.9. The SMILES string of the molecule is C=C(N)C(=C)C(=C)C(=C)C(=C)CCCCC(C)(C)CN. The van der Waals surface area contributed by atoms with E-state index in [1.165, 1.54) is 0 Å². The molecule has 0 unspecified atom stereocenters. The molecule has 0 saturated heterocycles. The third kappa shape index (κ3) is 6.07. The molecule has 4 N–H and O–H groups in total. The van der Waals surface area contributed by atoms with E-state index < -0.39 is 0 Å². The Hall–Kier alpha value is -1.54. The van der Waals surface area contributed by atoms with Gasteiger partial charge in [-0.3, -0.25) is 0 Å². The van der Waals surface area contributed by atoms with Gasteiger partial charge in [-0.1, -0.05) is 53.2 Å². The van der Waals surface area contributed by atoms with Crippen molar-refractivity contribution in [2.24, 2.45) is 16.9 Å². The summed E-state index contributed by atoms with van der Waals surface area (Å²) in [7, 11) is 0. The van der Waals surface area contributed by atoms with Crippen LogP contribution in [0, 0.1) is 5.41 Å². The third-order valence-corrected chi connectivity index (χ3v) is 3.68. The van der Waals surface area contributed by atoms with E-state index in [0.717, 1.165) is 48.9 Å². The van der Waals surface area contributed by atoms with Crippen LogP contribution in [0.3, 0.4) is 0 Å². The van der Waals surface area contributed by atoms with Crippen molar-refractivity contribution in [3.63, 3.8) is 0 Å². The third-order valence-electron chi connectivity index (χ3n) is 3.68.